The van der Waals surface area contributed by atoms with Crippen molar-refractivity contribution < 1.29 is 9.50 Å². The van der Waals surface area contributed by atoms with Crippen molar-refractivity contribution in [2.24, 2.45) is 0 Å². The van der Waals surface area contributed by atoms with E-state index in [1.165, 1.54) is 0 Å². The summed E-state index contributed by atoms with van der Waals surface area (Å²) in [6.07, 6.45) is -0.369. The van der Waals surface area contributed by atoms with Gasteiger partial charge in [0, 0.05) is 12.0 Å². The molecule has 0 bridgehead atoms. The highest BCUT2D eigenvalue weighted by atomic mass is 19.1. The van der Waals surface area contributed by atoms with Gasteiger partial charge in [0.25, 0.3) is 0 Å². The lowest BCUT2D eigenvalue weighted by Crippen LogP contribution is -2.06. The molecular weight excluding hydrogens is 227 g/mol. The standard InChI is InChI=1S/C16H17FO/c1-11-8-12(2)16(17)14(9-11)15(18)10-13-6-4-3-5-7-13/h3-9,15,18H,10H2,1-2H3. The molecule has 1 unspecified atom stereocenters. The molecule has 2 heteroatoms. The molecule has 1 N–H and O–H groups in total. The average Bonchev–Trinajstić information content (AvgIpc) is 2.35. The second-order valence-electron chi connectivity index (χ2n) is 4.69. The molecule has 0 fully saturated rings. The Morgan fingerprint density at radius 3 is 2.44 bits per heavy atom. The Kier molecular flexibility index (Phi) is 3.78. The lowest BCUT2D eigenvalue weighted by molar-refractivity contribution is 0.173. The minimum absolute atomic E-state index is 0.302. The van der Waals surface area contributed by atoms with Gasteiger partial charge in [0.1, 0.15) is 5.82 Å². The number of halogens is 1. The van der Waals surface area contributed by atoms with Gasteiger partial charge in [0.05, 0.1) is 6.10 Å². The van der Waals surface area contributed by atoms with E-state index in [1.54, 1.807) is 19.1 Å². The van der Waals surface area contributed by atoms with E-state index < -0.39 is 6.10 Å². The summed E-state index contributed by atoms with van der Waals surface area (Å²) < 4.78 is 14.0. The molecule has 0 aliphatic rings. The molecule has 0 saturated heterocycles. The Morgan fingerprint density at radius 2 is 1.78 bits per heavy atom. The van der Waals surface area contributed by atoms with E-state index in [2.05, 4.69) is 0 Å². The summed E-state index contributed by atoms with van der Waals surface area (Å²) in [5.74, 6) is -0.302. The number of rotatable bonds is 3. The molecule has 0 aliphatic heterocycles. The fraction of sp³-hybridized carbons (Fsp3) is 0.250. The number of benzene rings is 2. The molecule has 0 aromatic heterocycles. The number of aliphatic hydroxyl groups excluding tert-OH is 1. The third-order valence-corrected chi connectivity index (χ3v) is 3.06. The van der Waals surface area contributed by atoms with E-state index in [0.29, 0.717) is 17.5 Å². The zero-order chi connectivity index (χ0) is 13.1. The predicted octanol–water partition coefficient (Wildman–Crippen LogP) is 3.72. The van der Waals surface area contributed by atoms with Gasteiger partial charge < -0.3 is 5.11 Å². The highest BCUT2D eigenvalue weighted by Crippen LogP contribution is 2.24. The molecule has 1 atom stereocenters. The van der Waals surface area contributed by atoms with E-state index in [0.717, 1.165) is 11.1 Å². The molecule has 1 nitrogen and oxygen atoms in total. The van der Waals surface area contributed by atoms with Crippen molar-refractivity contribution >= 4 is 0 Å². The second-order valence-corrected chi connectivity index (χ2v) is 4.69. The van der Waals surface area contributed by atoms with E-state index >= 15 is 0 Å². The first kappa shape index (κ1) is 12.8. The van der Waals surface area contributed by atoms with Gasteiger partial charge in [-0.3, -0.25) is 0 Å². The third-order valence-electron chi connectivity index (χ3n) is 3.06. The second kappa shape index (κ2) is 5.32. The Bertz CT molecular complexity index is 534. The van der Waals surface area contributed by atoms with Crippen LogP contribution in [0.25, 0.3) is 0 Å². The Labute approximate surface area is 107 Å². The van der Waals surface area contributed by atoms with E-state index in [4.69, 9.17) is 0 Å². The molecule has 0 heterocycles. The Morgan fingerprint density at radius 1 is 1.11 bits per heavy atom. The van der Waals surface area contributed by atoms with Gasteiger partial charge >= 0.3 is 0 Å². The first-order chi connectivity index (χ1) is 8.58. The van der Waals surface area contributed by atoms with Crippen molar-refractivity contribution in [1.82, 2.24) is 0 Å². The minimum Gasteiger partial charge on any atom is -0.388 e. The lowest BCUT2D eigenvalue weighted by atomic mass is 9.97. The van der Waals surface area contributed by atoms with Crippen LogP contribution in [0.4, 0.5) is 4.39 Å². The Hall–Kier alpha value is -1.67. The van der Waals surface area contributed by atoms with Crippen LogP contribution in [-0.2, 0) is 6.42 Å². The quantitative estimate of drug-likeness (QED) is 0.872. The average molecular weight is 244 g/mol. The smallest absolute Gasteiger partial charge is 0.131 e. The molecule has 2 aromatic rings. The maximum atomic E-state index is 14.0. The van der Waals surface area contributed by atoms with Crippen LogP contribution < -0.4 is 0 Å². The van der Waals surface area contributed by atoms with Crippen LogP contribution in [0.3, 0.4) is 0 Å². The van der Waals surface area contributed by atoms with Gasteiger partial charge in [-0.25, -0.2) is 4.39 Å². The zero-order valence-corrected chi connectivity index (χ0v) is 10.7. The van der Waals surface area contributed by atoms with Crippen LogP contribution in [0.5, 0.6) is 0 Å². The van der Waals surface area contributed by atoms with Crippen molar-refractivity contribution in [3.63, 3.8) is 0 Å². The molecule has 2 aromatic carbocycles. The molecule has 0 radical (unpaired) electrons. The molecule has 0 amide bonds. The summed E-state index contributed by atoms with van der Waals surface area (Å²) in [5.41, 5.74) is 2.94. The summed E-state index contributed by atoms with van der Waals surface area (Å²) in [7, 11) is 0. The van der Waals surface area contributed by atoms with Crippen molar-refractivity contribution in [1.29, 1.82) is 0 Å². The van der Waals surface area contributed by atoms with Crippen LogP contribution in [0.15, 0.2) is 42.5 Å². The van der Waals surface area contributed by atoms with E-state index in [1.807, 2.05) is 37.3 Å². The van der Waals surface area contributed by atoms with Crippen LogP contribution in [0.1, 0.15) is 28.4 Å². The molecule has 0 spiro atoms. The molecule has 18 heavy (non-hydrogen) atoms. The lowest BCUT2D eigenvalue weighted by Gasteiger charge is -2.14. The zero-order valence-electron chi connectivity index (χ0n) is 10.7. The summed E-state index contributed by atoms with van der Waals surface area (Å²) in [4.78, 5) is 0. The fourth-order valence-corrected chi connectivity index (χ4v) is 2.17. The summed E-state index contributed by atoms with van der Waals surface area (Å²) in [5, 5.41) is 10.2. The maximum absolute atomic E-state index is 14.0. The van der Waals surface area contributed by atoms with Gasteiger partial charge in [-0.1, -0.05) is 48.0 Å². The van der Waals surface area contributed by atoms with Crippen LogP contribution >= 0.6 is 0 Å². The summed E-state index contributed by atoms with van der Waals surface area (Å²) in [6.45, 7) is 3.63. The SMILES string of the molecule is Cc1cc(C)c(F)c(C(O)Cc2ccccc2)c1. The molecule has 0 aliphatic carbocycles. The van der Waals surface area contributed by atoms with Crippen molar-refractivity contribution in [2.45, 2.75) is 26.4 Å². The monoisotopic (exact) mass is 244 g/mol. The van der Waals surface area contributed by atoms with Crippen LogP contribution in [0, 0.1) is 19.7 Å². The predicted molar refractivity (Wildman–Crippen MR) is 71.0 cm³/mol. The van der Waals surface area contributed by atoms with Gasteiger partial charge in [-0.2, -0.15) is 0 Å². The topological polar surface area (TPSA) is 20.2 Å². The van der Waals surface area contributed by atoms with Crippen molar-refractivity contribution in [2.75, 3.05) is 0 Å². The molecule has 2 rings (SSSR count). The third kappa shape index (κ3) is 2.77. The number of aliphatic hydroxyl groups is 1. The Balaban J connectivity index is 2.26. The minimum atomic E-state index is -0.800. The van der Waals surface area contributed by atoms with E-state index in [9.17, 15) is 9.50 Å². The highest BCUT2D eigenvalue weighted by molar-refractivity contribution is 5.33. The molecule has 0 saturated carbocycles. The first-order valence-electron chi connectivity index (χ1n) is 6.06. The van der Waals surface area contributed by atoms with Crippen LogP contribution in [0.2, 0.25) is 0 Å². The van der Waals surface area contributed by atoms with Gasteiger partial charge in [-0.15, -0.1) is 0 Å². The van der Waals surface area contributed by atoms with Gasteiger partial charge in [-0.05, 0) is 25.0 Å². The first-order valence-corrected chi connectivity index (χ1v) is 6.06. The number of hydrogen-bond donors (Lipinski definition) is 1. The van der Waals surface area contributed by atoms with Crippen molar-refractivity contribution in [3.8, 4) is 0 Å². The van der Waals surface area contributed by atoms with Crippen molar-refractivity contribution in [3.05, 3.63) is 70.5 Å². The number of aryl methyl sites for hydroxylation is 2. The van der Waals surface area contributed by atoms with Gasteiger partial charge in [0.15, 0.2) is 0 Å². The normalized spacial score (nSPS) is 12.4. The summed E-state index contributed by atoms with van der Waals surface area (Å²) in [6, 6.07) is 13.1. The molecule has 94 valence electrons. The molecular formula is C16H17FO. The fourth-order valence-electron chi connectivity index (χ4n) is 2.17. The highest BCUT2D eigenvalue weighted by Gasteiger charge is 2.15. The van der Waals surface area contributed by atoms with Crippen LogP contribution in [-0.4, -0.2) is 5.11 Å². The maximum Gasteiger partial charge on any atom is 0.131 e. The largest absolute Gasteiger partial charge is 0.388 e. The van der Waals surface area contributed by atoms with E-state index in [-0.39, 0.29) is 5.82 Å². The number of hydrogen-bond acceptors (Lipinski definition) is 1. The van der Waals surface area contributed by atoms with Gasteiger partial charge in [0.2, 0.25) is 0 Å². The summed E-state index contributed by atoms with van der Waals surface area (Å²) >= 11 is 0.